The number of hydrogen-bond donors (Lipinski definition) is 2. The zero-order valence-corrected chi connectivity index (χ0v) is 13.4. The Morgan fingerprint density at radius 1 is 1.50 bits per heavy atom. The van der Waals surface area contributed by atoms with Crippen LogP contribution in [0.2, 0.25) is 0 Å². The Hall–Kier alpha value is -1.93. The van der Waals surface area contributed by atoms with Crippen LogP contribution in [-0.2, 0) is 18.3 Å². The van der Waals surface area contributed by atoms with Crippen LogP contribution in [0.3, 0.4) is 0 Å². The molecular weight excluding hydrogens is 286 g/mol. The lowest BCUT2D eigenvalue weighted by Crippen LogP contribution is -2.26. The molecule has 2 aromatic rings. The Morgan fingerprint density at radius 2 is 2.23 bits per heavy atom. The maximum atomic E-state index is 12.3. The molecule has 2 atom stereocenters. The predicted octanol–water partition coefficient (Wildman–Crippen LogP) is 0.0627. The molecule has 0 aliphatic carbocycles. The van der Waals surface area contributed by atoms with Gasteiger partial charge in [-0.3, -0.25) is 9.36 Å². The van der Waals surface area contributed by atoms with E-state index < -0.39 is 0 Å². The molecule has 0 fully saturated rings. The van der Waals surface area contributed by atoms with E-state index in [2.05, 4.69) is 15.3 Å². The second-order valence-electron chi connectivity index (χ2n) is 5.49. The van der Waals surface area contributed by atoms with Gasteiger partial charge in [0.25, 0.3) is 5.56 Å². The van der Waals surface area contributed by atoms with Gasteiger partial charge in [0, 0.05) is 40.3 Å². The average molecular weight is 309 g/mol. The van der Waals surface area contributed by atoms with Crippen molar-refractivity contribution in [1.29, 1.82) is 0 Å². The fourth-order valence-corrected chi connectivity index (χ4v) is 2.44. The van der Waals surface area contributed by atoms with Gasteiger partial charge in [0.15, 0.2) is 11.2 Å². The van der Waals surface area contributed by atoms with Gasteiger partial charge in [-0.25, -0.2) is 4.98 Å². The fraction of sp³-hybridized carbons (Fsp3) is 0.643. The SMILES string of the molecule is CNc1nc2c(ncn2C[C@@H](COC)C(C)CO)c(=O)n1C. The molecule has 0 saturated heterocycles. The van der Waals surface area contributed by atoms with E-state index in [0.717, 1.165) is 0 Å². The zero-order chi connectivity index (χ0) is 16.3. The van der Waals surface area contributed by atoms with E-state index in [1.165, 1.54) is 4.57 Å². The Balaban J connectivity index is 2.43. The summed E-state index contributed by atoms with van der Waals surface area (Å²) < 4.78 is 8.51. The van der Waals surface area contributed by atoms with E-state index in [1.807, 2.05) is 11.5 Å². The molecule has 0 spiro atoms. The number of hydrogen-bond acceptors (Lipinski definition) is 6. The van der Waals surface area contributed by atoms with E-state index in [9.17, 15) is 9.90 Å². The Kier molecular flexibility index (Phi) is 5.15. The molecule has 0 aromatic carbocycles. The third-order valence-corrected chi connectivity index (χ3v) is 3.98. The van der Waals surface area contributed by atoms with Gasteiger partial charge in [0.2, 0.25) is 5.95 Å². The Morgan fingerprint density at radius 3 is 2.82 bits per heavy atom. The van der Waals surface area contributed by atoms with Crippen molar-refractivity contribution in [2.45, 2.75) is 13.5 Å². The zero-order valence-electron chi connectivity index (χ0n) is 13.4. The summed E-state index contributed by atoms with van der Waals surface area (Å²) in [5, 5.41) is 12.3. The molecule has 0 radical (unpaired) electrons. The van der Waals surface area contributed by atoms with Crippen molar-refractivity contribution < 1.29 is 9.84 Å². The van der Waals surface area contributed by atoms with Crippen LogP contribution in [0.25, 0.3) is 11.2 Å². The summed E-state index contributed by atoms with van der Waals surface area (Å²) in [5.74, 6) is 0.668. The number of nitrogens with zero attached hydrogens (tertiary/aromatic N) is 4. The summed E-state index contributed by atoms with van der Waals surface area (Å²) in [7, 11) is 5.01. The Labute approximate surface area is 128 Å². The first-order valence-electron chi connectivity index (χ1n) is 7.22. The molecule has 0 amide bonds. The number of aliphatic hydroxyl groups is 1. The van der Waals surface area contributed by atoms with Crippen LogP contribution in [-0.4, -0.2) is 51.6 Å². The van der Waals surface area contributed by atoms with E-state index in [4.69, 9.17) is 4.74 Å². The molecule has 1 unspecified atom stereocenters. The molecule has 0 aliphatic heterocycles. The summed E-state index contributed by atoms with van der Waals surface area (Å²) in [4.78, 5) is 20.9. The largest absolute Gasteiger partial charge is 0.396 e. The lowest BCUT2D eigenvalue weighted by molar-refractivity contribution is 0.0874. The van der Waals surface area contributed by atoms with Crippen LogP contribution >= 0.6 is 0 Å². The normalized spacial score (nSPS) is 14.2. The van der Waals surface area contributed by atoms with Crippen molar-refractivity contribution >= 4 is 17.1 Å². The van der Waals surface area contributed by atoms with E-state index in [0.29, 0.717) is 30.3 Å². The number of nitrogens with one attached hydrogen (secondary N) is 1. The molecule has 2 rings (SSSR count). The van der Waals surface area contributed by atoms with Crippen LogP contribution in [0, 0.1) is 11.8 Å². The van der Waals surface area contributed by atoms with Crippen LogP contribution < -0.4 is 10.9 Å². The van der Waals surface area contributed by atoms with Crippen molar-refractivity contribution in [2.24, 2.45) is 18.9 Å². The number of anilines is 1. The van der Waals surface area contributed by atoms with Gasteiger partial charge in [-0.2, -0.15) is 4.98 Å². The topological polar surface area (TPSA) is 94.2 Å². The summed E-state index contributed by atoms with van der Waals surface area (Å²) in [6.07, 6.45) is 1.62. The van der Waals surface area contributed by atoms with Crippen molar-refractivity contribution in [3.63, 3.8) is 0 Å². The van der Waals surface area contributed by atoms with E-state index >= 15 is 0 Å². The summed E-state index contributed by atoms with van der Waals surface area (Å²) in [6, 6.07) is 0. The highest BCUT2D eigenvalue weighted by atomic mass is 16.5. The number of ether oxygens (including phenoxy) is 1. The maximum absolute atomic E-state index is 12.3. The van der Waals surface area contributed by atoms with Crippen LogP contribution in [0.4, 0.5) is 5.95 Å². The highest BCUT2D eigenvalue weighted by molar-refractivity contribution is 5.71. The quantitative estimate of drug-likeness (QED) is 0.751. The molecule has 8 heteroatoms. The minimum Gasteiger partial charge on any atom is -0.396 e. The van der Waals surface area contributed by atoms with Crippen LogP contribution in [0.5, 0.6) is 0 Å². The Bertz CT molecular complexity index is 694. The minimum absolute atomic E-state index is 0.0766. The number of methoxy groups -OCH3 is 1. The average Bonchev–Trinajstić information content (AvgIpc) is 2.92. The fourth-order valence-electron chi connectivity index (χ4n) is 2.44. The first-order valence-corrected chi connectivity index (χ1v) is 7.22. The number of rotatable bonds is 7. The number of aromatic nitrogens is 4. The molecule has 2 N–H and O–H groups in total. The number of imidazole rings is 1. The third-order valence-electron chi connectivity index (χ3n) is 3.98. The van der Waals surface area contributed by atoms with Gasteiger partial charge in [0.1, 0.15) is 0 Å². The van der Waals surface area contributed by atoms with E-state index in [-0.39, 0.29) is 24.0 Å². The van der Waals surface area contributed by atoms with Gasteiger partial charge in [-0.15, -0.1) is 0 Å². The predicted molar refractivity (Wildman–Crippen MR) is 83.9 cm³/mol. The molecule has 2 heterocycles. The first-order chi connectivity index (χ1) is 10.5. The molecular formula is C14H23N5O3. The monoisotopic (exact) mass is 309 g/mol. The molecule has 0 bridgehead atoms. The number of aliphatic hydroxyl groups excluding tert-OH is 1. The summed E-state index contributed by atoms with van der Waals surface area (Å²) >= 11 is 0. The van der Waals surface area contributed by atoms with Gasteiger partial charge in [-0.1, -0.05) is 6.92 Å². The second-order valence-corrected chi connectivity index (χ2v) is 5.49. The van der Waals surface area contributed by atoms with Crippen LogP contribution in [0.15, 0.2) is 11.1 Å². The van der Waals surface area contributed by atoms with Crippen molar-refractivity contribution in [3.8, 4) is 0 Å². The molecule has 0 saturated carbocycles. The second kappa shape index (κ2) is 6.89. The van der Waals surface area contributed by atoms with Crippen molar-refractivity contribution in [3.05, 3.63) is 16.7 Å². The van der Waals surface area contributed by atoms with Gasteiger partial charge < -0.3 is 19.7 Å². The highest BCUT2D eigenvalue weighted by Crippen LogP contribution is 2.17. The minimum atomic E-state index is -0.188. The van der Waals surface area contributed by atoms with Crippen LogP contribution in [0.1, 0.15) is 6.92 Å². The summed E-state index contributed by atoms with van der Waals surface area (Å²) in [5.41, 5.74) is 0.694. The van der Waals surface area contributed by atoms with Crippen molar-refractivity contribution in [1.82, 2.24) is 19.1 Å². The first kappa shape index (κ1) is 16.4. The van der Waals surface area contributed by atoms with E-state index in [1.54, 1.807) is 27.5 Å². The smallest absolute Gasteiger partial charge is 0.282 e. The third kappa shape index (κ3) is 2.97. The van der Waals surface area contributed by atoms with Crippen molar-refractivity contribution in [2.75, 3.05) is 32.7 Å². The molecule has 2 aromatic heterocycles. The molecule has 0 aliphatic rings. The lowest BCUT2D eigenvalue weighted by Gasteiger charge is -2.22. The van der Waals surface area contributed by atoms with Gasteiger partial charge in [-0.05, 0) is 5.92 Å². The van der Waals surface area contributed by atoms with Gasteiger partial charge >= 0.3 is 0 Å². The molecule has 22 heavy (non-hydrogen) atoms. The highest BCUT2D eigenvalue weighted by Gasteiger charge is 2.20. The lowest BCUT2D eigenvalue weighted by atomic mass is 9.95. The maximum Gasteiger partial charge on any atom is 0.282 e. The number of fused-ring (bicyclic) bond motifs is 1. The molecule has 122 valence electrons. The molecule has 8 nitrogen and oxygen atoms in total. The standard InChI is InChI=1S/C14H23N5O3/c1-9(6-20)10(7-22-4)5-19-8-16-11-12(19)17-14(15-2)18(3)13(11)21/h8-10,20H,5-7H2,1-4H3,(H,15,17)/t9?,10-/m0/s1. The summed E-state index contributed by atoms with van der Waals surface area (Å²) in [6.45, 7) is 3.15. The van der Waals surface area contributed by atoms with Gasteiger partial charge in [0.05, 0.1) is 12.9 Å².